The normalized spacial score (nSPS) is 20.5. The zero-order valence-electron chi connectivity index (χ0n) is 9.34. The third kappa shape index (κ3) is 2.98. The molecule has 5 nitrogen and oxygen atoms in total. The lowest BCUT2D eigenvalue weighted by atomic mass is 10.2. The van der Waals surface area contributed by atoms with Crippen LogP contribution in [0.4, 0.5) is 5.13 Å². The van der Waals surface area contributed by atoms with Gasteiger partial charge in [-0.1, -0.05) is 5.16 Å². The van der Waals surface area contributed by atoms with E-state index in [4.69, 9.17) is 5.21 Å². The number of carbonyl (C=O) groups excluding carboxylic acids is 1. The van der Waals surface area contributed by atoms with E-state index in [1.54, 1.807) is 24.1 Å². The molecule has 0 radical (unpaired) electrons. The highest BCUT2D eigenvalue weighted by atomic mass is 32.2. The molecule has 1 saturated heterocycles. The second kappa shape index (κ2) is 5.50. The van der Waals surface area contributed by atoms with Crippen molar-refractivity contribution in [2.45, 2.75) is 25.0 Å². The van der Waals surface area contributed by atoms with Crippen LogP contribution in [-0.2, 0) is 4.79 Å². The molecule has 17 heavy (non-hydrogen) atoms. The summed E-state index contributed by atoms with van der Waals surface area (Å²) in [5.41, 5.74) is 1.03. The summed E-state index contributed by atoms with van der Waals surface area (Å²) in [6.07, 6.45) is 2.04. The molecular weight excluding hydrogens is 258 g/mol. The molecule has 1 fully saturated rings. The largest absolute Gasteiger partial charge is 0.411 e. The molecule has 0 spiro atoms. The van der Waals surface area contributed by atoms with Crippen LogP contribution in [0.3, 0.4) is 0 Å². The zero-order valence-corrected chi connectivity index (χ0v) is 11.0. The van der Waals surface area contributed by atoms with Gasteiger partial charge in [0.15, 0.2) is 5.13 Å². The number of thiazole rings is 1. The monoisotopic (exact) mass is 271 g/mol. The Bertz CT molecular complexity index is 439. The first-order chi connectivity index (χ1) is 8.20. The molecule has 1 aromatic rings. The molecule has 0 aliphatic carbocycles. The Labute approximate surface area is 107 Å². The van der Waals surface area contributed by atoms with E-state index in [0.29, 0.717) is 16.5 Å². The number of rotatable bonds is 3. The maximum Gasteiger partial charge on any atom is 0.239 e. The van der Waals surface area contributed by atoms with Crippen molar-refractivity contribution >= 4 is 39.8 Å². The van der Waals surface area contributed by atoms with Gasteiger partial charge in [-0.25, -0.2) is 4.98 Å². The van der Waals surface area contributed by atoms with Gasteiger partial charge in [0.05, 0.1) is 5.25 Å². The molecule has 1 aliphatic rings. The minimum atomic E-state index is 0.0204. The number of aromatic nitrogens is 1. The van der Waals surface area contributed by atoms with Crippen molar-refractivity contribution in [2.24, 2.45) is 5.16 Å². The average Bonchev–Trinajstić information content (AvgIpc) is 2.98. The van der Waals surface area contributed by atoms with E-state index >= 15 is 0 Å². The first-order valence-corrected chi connectivity index (χ1v) is 7.20. The van der Waals surface area contributed by atoms with Crippen LogP contribution in [0.5, 0.6) is 0 Å². The average molecular weight is 271 g/mol. The third-order valence-corrected chi connectivity index (χ3v) is 4.61. The number of anilines is 1. The summed E-state index contributed by atoms with van der Waals surface area (Å²) in [6.45, 7) is 1.66. The SMILES string of the molecule is C/C(=N\O)c1csc(NC(=O)C2CCCS2)n1. The van der Waals surface area contributed by atoms with E-state index in [2.05, 4.69) is 15.5 Å². The Morgan fingerprint density at radius 3 is 3.18 bits per heavy atom. The van der Waals surface area contributed by atoms with Crippen LogP contribution < -0.4 is 5.32 Å². The molecule has 0 bridgehead atoms. The van der Waals surface area contributed by atoms with Crippen molar-refractivity contribution < 1.29 is 10.0 Å². The molecular formula is C10H13N3O2S2. The van der Waals surface area contributed by atoms with E-state index in [1.165, 1.54) is 11.3 Å². The first kappa shape index (κ1) is 12.4. The topological polar surface area (TPSA) is 74.6 Å². The lowest BCUT2D eigenvalue weighted by Gasteiger charge is -2.06. The molecule has 1 amide bonds. The number of hydrogen-bond donors (Lipinski definition) is 2. The Balaban J connectivity index is 1.99. The van der Waals surface area contributed by atoms with E-state index in [1.807, 2.05) is 0 Å². The maximum atomic E-state index is 11.8. The van der Waals surface area contributed by atoms with Crippen molar-refractivity contribution in [3.8, 4) is 0 Å². The lowest BCUT2D eigenvalue weighted by molar-refractivity contribution is -0.115. The lowest BCUT2D eigenvalue weighted by Crippen LogP contribution is -2.22. The summed E-state index contributed by atoms with van der Waals surface area (Å²) in [6, 6.07) is 0. The van der Waals surface area contributed by atoms with Crippen molar-refractivity contribution in [1.29, 1.82) is 0 Å². The van der Waals surface area contributed by atoms with Crippen molar-refractivity contribution in [3.05, 3.63) is 11.1 Å². The fourth-order valence-corrected chi connectivity index (χ4v) is 3.44. The summed E-state index contributed by atoms with van der Waals surface area (Å²) >= 11 is 3.02. The number of carbonyl (C=O) groups is 1. The van der Waals surface area contributed by atoms with E-state index in [-0.39, 0.29) is 11.2 Å². The molecule has 0 aromatic carbocycles. The molecule has 1 aromatic heterocycles. The van der Waals surface area contributed by atoms with Gasteiger partial charge in [0.25, 0.3) is 0 Å². The van der Waals surface area contributed by atoms with Crippen LogP contribution in [0, 0.1) is 0 Å². The number of oxime groups is 1. The second-order valence-corrected chi connectivity index (χ2v) is 5.88. The van der Waals surface area contributed by atoms with Crippen LogP contribution in [0.1, 0.15) is 25.5 Å². The minimum Gasteiger partial charge on any atom is -0.411 e. The standard InChI is InChI=1S/C10H13N3O2S2/c1-6(13-15)7-5-17-10(11-7)12-9(14)8-3-2-4-16-8/h5,8,15H,2-4H2,1H3,(H,11,12,14)/b13-6+. The van der Waals surface area contributed by atoms with Gasteiger partial charge in [-0.3, -0.25) is 4.79 Å². The van der Waals surface area contributed by atoms with Gasteiger partial charge in [0, 0.05) is 5.38 Å². The molecule has 92 valence electrons. The van der Waals surface area contributed by atoms with E-state index < -0.39 is 0 Å². The molecule has 0 saturated carbocycles. The van der Waals surface area contributed by atoms with Crippen LogP contribution in [0.2, 0.25) is 0 Å². The fraction of sp³-hybridized carbons (Fsp3) is 0.500. The summed E-state index contributed by atoms with van der Waals surface area (Å²) in [5.74, 6) is 1.07. The van der Waals surface area contributed by atoms with Crippen LogP contribution >= 0.6 is 23.1 Å². The van der Waals surface area contributed by atoms with Gasteiger partial charge in [0.2, 0.25) is 5.91 Å². The number of amides is 1. The Morgan fingerprint density at radius 2 is 2.53 bits per heavy atom. The molecule has 1 unspecified atom stereocenters. The highest BCUT2D eigenvalue weighted by Gasteiger charge is 2.24. The van der Waals surface area contributed by atoms with E-state index in [0.717, 1.165) is 18.6 Å². The smallest absolute Gasteiger partial charge is 0.239 e. The summed E-state index contributed by atoms with van der Waals surface area (Å²) in [5, 5.41) is 16.8. The highest BCUT2D eigenvalue weighted by Crippen LogP contribution is 2.27. The second-order valence-electron chi connectivity index (χ2n) is 3.71. The Hall–Kier alpha value is -1.08. The molecule has 2 heterocycles. The van der Waals surface area contributed by atoms with E-state index in [9.17, 15) is 4.79 Å². The van der Waals surface area contributed by atoms with Crippen molar-refractivity contribution in [1.82, 2.24) is 4.98 Å². The number of nitrogens with one attached hydrogen (secondary N) is 1. The van der Waals surface area contributed by atoms with Crippen molar-refractivity contribution in [2.75, 3.05) is 11.1 Å². The number of thioether (sulfide) groups is 1. The summed E-state index contributed by atoms with van der Waals surface area (Å²) in [4.78, 5) is 16.0. The molecule has 2 N–H and O–H groups in total. The molecule has 2 rings (SSSR count). The summed E-state index contributed by atoms with van der Waals surface area (Å²) in [7, 11) is 0. The predicted octanol–water partition coefficient (Wildman–Crippen LogP) is 2.18. The van der Waals surface area contributed by atoms with Gasteiger partial charge in [-0.05, 0) is 25.5 Å². The zero-order chi connectivity index (χ0) is 12.3. The molecule has 1 aliphatic heterocycles. The van der Waals surface area contributed by atoms with Crippen LogP contribution in [0.15, 0.2) is 10.5 Å². The fourth-order valence-electron chi connectivity index (χ4n) is 1.52. The predicted molar refractivity (Wildman–Crippen MR) is 70.2 cm³/mol. The van der Waals surface area contributed by atoms with Gasteiger partial charge < -0.3 is 10.5 Å². The Morgan fingerprint density at radius 1 is 1.71 bits per heavy atom. The summed E-state index contributed by atoms with van der Waals surface area (Å²) < 4.78 is 0. The quantitative estimate of drug-likeness (QED) is 0.502. The highest BCUT2D eigenvalue weighted by molar-refractivity contribution is 8.00. The van der Waals surface area contributed by atoms with Crippen LogP contribution in [0.25, 0.3) is 0 Å². The number of nitrogens with zero attached hydrogens (tertiary/aromatic N) is 2. The maximum absolute atomic E-state index is 11.8. The van der Waals surface area contributed by atoms with Gasteiger partial charge in [-0.15, -0.1) is 23.1 Å². The first-order valence-electron chi connectivity index (χ1n) is 5.27. The van der Waals surface area contributed by atoms with Gasteiger partial charge >= 0.3 is 0 Å². The van der Waals surface area contributed by atoms with Gasteiger partial charge in [0.1, 0.15) is 11.4 Å². The van der Waals surface area contributed by atoms with Gasteiger partial charge in [-0.2, -0.15) is 0 Å². The third-order valence-electron chi connectivity index (χ3n) is 2.48. The number of hydrogen-bond acceptors (Lipinski definition) is 6. The molecule has 7 heteroatoms. The minimum absolute atomic E-state index is 0.0204. The Kier molecular flexibility index (Phi) is 4.01. The van der Waals surface area contributed by atoms with Crippen LogP contribution in [-0.4, -0.2) is 32.8 Å². The molecule has 1 atom stereocenters. The van der Waals surface area contributed by atoms with Crippen molar-refractivity contribution in [3.63, 3.8) is 0 Å².